The Balaban J connectivity index is 1.61. The summed E-state index contributed by atoms with van der Waals surface area (Å²) in [5.41, 5.74) is 2.97. The molecule has 1 aromatic heterocycles. The smallest absolute Gasteiger partial charge is 0.259 e. The second-order valence-electron chi connectivity index (χ2n) is 9.96. The van der Waals surface area contributed by atoms with Crippen LogP contribution in [-0.4, -0.2) is 46.3 Å². The van der Waals surface area contributed by atoms with E-state index >= 15 is 0 Å². The fourth-order valence-corrected chi connectivity index (χ4v) is 5.55. The van der Waals surface area contributed by atoms with Crippen molar-refractivity contribution < 1.29 is 9.59 Å². The predicted octanol–water partition coefficient (Wildman–Crippen LogP) is 4.17. The third-order valence-electron chi connectivity index (χ3n) is 7.39. The van der Waals surface area contributed by atoms with Gasteiger partial charge in [0.05, 0.1) is 0 Å². The molecular weight excluding hydrogens is 426 g/mol. The van der Waals surface area contributed by atoms with Crippen LogP contribution in [0.5, 0.6) is 0 Å². The van der Waals surface area contributed by atoms with Crippen molar-refractivity contribution in [2.75, 3.05) is 20.1 Å². The third-order valence-corrected chi connectivity index (χ3v) is 7.39. The Kier molecular flexibility index (Phi) is 7.86. The molecule has 1 saturated heterocycles. The van der Waals surface area contributed by atoms with E-state index in [1.807, 2.05) is 42.2 Å². The number of hydrogen-bond donors (Lipinski definition) is 0. The Hall–Kier alpha value is -2.89. The SMILES string of the molecule is Cc1cc(=O)c(C(=O)N(C)Cc2ccccc2)c(CC2CCCC2)n1CCCN1CCCC1=O. The normalized spacial score (nSPS) is 16.4. The van der Waals surface area contributed by atoms with Gasteiger partial charge < -0.3 is 14.4 Å². The Morgan fingerprint density at radius 2 is 1.79 bits per heavy atom. The molecule has 2 fully saturated rings. The van der Waals surface area contributed by atoms with Crippen LogP contribution in [0.1, 0.15) is 72.3 Å². The highest BCUT2D eigenvalue weighted by Crippen LogP contribution is 2.29. The lowest BCUT2D eigenvalue weighted by Crippen LogP contribution is -2.35. The van der Waals surface area contributed by atoms with Gasteiger partial charge in [-0.1, -0.05) is 56.0 Å². The molecule has 34 heavy (non-hydrogen) atoms. The molecule has 182 valence electrons. The highest BCUT2D eigenvalue weighted by atomic mass is 16.2. The summed E-state index contributed by atoms with van der Waals surface area (Å²) in [7, 11) is 1.78. The van der Waals surface area contributed by atoms with E-state index in [9.17, 15) is 14.4 Å². The van der Waals surface area contributed by atoms with Gasteiger partial charge in [0.25, 0.3) is 5.91 Å². The minimum absolute atomic E-state index is 0.179. The number of carbonyl (C=O) groups excluding carboxylic acids is 2. The fourth-order valence-electron chi connectivity index (χ4n) is 5.55. The summed E-state index contributed by atoms with van der Waals surface area (Å²) in [6.45, 7) is 4.70. The van der Waals surface area contributed by atoms with Crippen LogP contribution in [0.25, 0.3) is 0 Å². The van der Waals surface area contributed by atoms with E-state index in [1.54, 1.807) is 18.0 Å². The highest BCUT2D eigenvalue weighted by molar-refractivity contribution is 5.95. The summed E-state index contributed by atoms with van der Waals surface area (Å²) in [5, 5.41) is 0. The number of benzene rings is 1. The molecule has 2 heterocycles. The molecule has 1 aliphatic heterocycles. The average Bonchev–Trinajstić information content (AvgIpc) is 3.48. The molecule has 4 rings (SSSR count). The summed E-state index contributed by atoms with van der Waals surface area (Å²) >= 11 is 0. The zero-order chi connectivity index (χ0) is 24.1. The maximum absolute atomic E-state index is 13.6. The Labute approximate surface area is 202 Å². The lowest BCUT2D eigenvalue weighted by Gasteiger charge is -2.25. The standard InChI is InChI=1S/C28H37N3O3/c1-21-18-25(32)27(28(34)29(2)20-23-12-4-3-5-13-23)24(19-22-10-6-7-11-22)31(21)17-9-16-30-15-8-14-26(30)33/h3-5,12-13,18,22H,6-11,14-17,19-20H2,1-2H3. The minimum Gasteiger partial charge on any atom is -0.348 e. The van der Waals surface area contributed by atoms with Gasteiger partial charge >= 0.3 is 0 Å². The highest BCUT2D eigenvalue weighted by Gasteiger charge is 2.27. The van der Waals surface area contributed by atoms with Gasteiger partial charge in [0.15, 0.2) is 5.43 Å². The van der Waals surface area contributed by atoms with Crippen molar-refractivity contribution in [1.82, 2.24) is 14.4 Å². The average molecular weight is 464 g/mol. The molecule has 1 aliphatic carbocycles. The lowest BCUT2D eigenvalue weighted by atomic mass is 9.96. The van der Waals surface area contributed by atoms with Crippen LogP contribution in [0.3, 0.4) is 0 Å². The largest absolute Gasteiger partial charge is 0.348 e. The number of likely N-dealkylation sites (tertiary alicyclic amines) is 1. The molecule has 2 aromatic rings. The topological polar surface area (TPSA) is 62.6 Å². The number of amides is 2. The molecule has 6 heteroatoms. The van der Waals surface area contributed by atoms with E-state index in [4.69, 9.17) is 0 Å². The predicted molar refractivity (Wildman–Crippen MR) is 134 cm³/mol. The fraction of sp³-hybridized carbons (Fsp3) is 0.536. The van der Waals surface area contributed by atoms with E-state index < -0.39 is 0 Å². The zero-order valence-electron chi connectivity index (χ0n) is 20.6. The number of carbonyl (C=O) groups is 2. The van der Waals surface area contributed by atoms with Gasteiger partial charge in [-0.05, 0) is 37.7 Å². The lowest BCUT2D eigenvalue weighted by molar-refractivity contribution is -0.127. The molecule has 0 bridgehead atoms. The quantitative estimate of drug-likeness (QED) is 0.561. The summed E-state index contributed by atoms with van der Waals surface area (Å²) < 4.78 is 2.18. The molecule has 1 saturated carbocycles. The van der Waals surface area contributed by atoms with E-state index in [2.05, 4.69) is 4.57 Å². The van der Waals surface area contributed by atoms with Crippen molar-refractivity contribution in [3.8, 4) is 0 Å². The first kappa shape index (κ1) is 24.2. The van der Waals surface area contributed by atoms with E-state index in [0.29, 0.717) is 31.0 Å². The number of hydrogen-bond acceptors (Lipinski definition) is 3. The molecule has 0 N–H and O–H groups in total. The van der Waals surface area contributed by atoms with E-state index in [-0.39, 0.29) is 17.2 Å². The van der Waals surface area contributed by atoms with Crippen molar-refractivity contribution in [3.05, 3.63) is 69.1 Å². The Bertz CT molecular complexity index is 1070. The van der Waals surface area contributed by atoms with Crippen molar-refractivity contribution in [1.29, 1.82) is 0 Å². The van der Waals surface area contributed by atoms with Crippen molar-refractivity contribution >= 4 is 11.8 Å². The first-order valence-electron chi connectivity index (χ1n) is 12.7. The number of rotatable bonds is 9. The van der Waals surface area contributed by atoms with Crippen molar-refractivity contribution in [2.45, 2.75) is 71.4 Å². The number of pyridine rings is 1. The molecule has 2 aliphatic rings. The van der Waals surface area contributed by atoms with Crippen LogP contribution in [-0.2, 0) is 24.3 Å². The van der Waals surface area contributed by atoms with Crippen LogP contribution in [0, 0.1) is 12.8 Å². The molecule has 0 radical (unpaired) electrons. The van der Waals surface area contributed by atoms with E-state index in [1.165, 1.54) is 12.8 Å². The minimum atomic E-state index is -0.203. The Morgan fingerprint density at radius 1 is 1.06 bits per heavy atom. The van der Waals surface area contributed by atoms with Gasteiger partial charge in [-0.2, -0.15) is 0 Å². The second kappa shape index (κ2) is 11.0. The summed E-state index contributed by atoms with van der Waals surface area (Å²) in [6.07, 6.45) is 7.91. The third kappa shape index (κ3) is 5.60. The van der Waals surface area contributed by atoms with Crippen molar-refractivity contribution in [2.24, 2.45) is 5.92 Å². The van der Waals surface area contributed by atoms with Gasteiger partial charge in [0, 0.05) is 57.1 Å². The molecule has 1 aromatic carbocycles. The van der Waals surface area contributed by atoms with Gasteiger partial charge in [-0.3, -0.25) is 14.4 Å². The van der Waals surface area contributed by atoms with E-state index in [0.717, 1.165) is 62.1 Å². The van der Waals surface area contributed by atoms with Gasteiger partial charge in [0.2, 0.25) is 5.91 Å². The molecule has 2 amide bonds. The summed E-state index contributed by atoms with van der Waals surface area (Å²) in [6, 6.07) is 11.5. The molecule has 6 nitrogen and oxygen atoms in total. The van der Waals surface area contributed by atoms with Crippen LogP contribution in [0.4, 0.5) is 0 Å². The van der Waals surface area contributed by atoms with Gasteiger partial charge in [-0.15, -0.1) is 0 Å². The zero-order valence-corrected chi connectivity index (χ0v) is 20.6. The molecule has 0 spiro atoms. The number of aryl methyl sites for hydroxylation is 1. The van der Waals surface area contributed by atoms with Gasteiger partial charge in [-0.25, -0.2) is 0 Å². The number of nitrogens with zero attached hydrogens (tertiary/aromatic N) is 3. The number of aromatic nitrogens is 1. The maximum atomic E-state index is 13.6. The van der Waals surface area contributed by atoms with Crippen LogP contribution in [0.15, 0.2) is 41.2 Å². The maximum Gasteiger partial charge on any atom is 0.259 e. The molecule has 0 atom stereocenters. The summed E-state index contributed by atoms with van der Waals surface area (Å²) in [4.78, 5) is 42.4. The summed E-state index contributed by atoms with van der Waals surface area (Å²) in [5.74, 6) is 0.546. The van der Waals surface area contributed by atoms with Crippen LogP contribution < -0.4 is 5.43 Å². The van der Waals surface area contributed by atoms with Crippen molar-refractivity contribution in [3.63, 3.8) is 0 Å². The molecule has 0 unspecified atom stereocenters. The van der Waals surface area contributed by atoms with Crippen LogP contribution >= 0.6 is 0 Å². The Morgan fingerprint density at radius 3 is 2.47 bits per heavy atom. The first-order valence-corrected chi connectivity index (χ1v) is 12.7. The monoisotopic (exact) mass is 463 g/mol. The first-order chi connectivity index (χ1) is 16.4. The van der Waals surface area contributed by atoms with Gasteiger partial charge in [0.1, 0.15) is 5.56 Å². The second-order valence-corrected chi connectivity index (χ2v) is 9.96. The van der Waals surface area contributed by atoms with Crippen LogP contribution in [0.2, 0.25) is 0 Å². The molecular formula is C28H37N3O3.